The van der Waals surface area contributed by atoms with Gasteiger partial charge in [0, 0.05) is 50.8 Å². The number of hydrogen-bond acceptors (Lipinski definition) is 8. The van der Waals surface area contributed by atoms with Crippen LogP contribution in [0.4, 0.5) is 31.9 Å². The van der Waals surface area contributed by atoms with Gasteiger partial charge in [0.1, 0.15) is 10.7 Å². The smallest absolute Gasteiger partial charge is 0.296 e. The predicted molar refractivity (Wildman–Crippen MR) is 134 cm³/mol. The Morgan fingerprint density at radius 1 is 1.19 bits per heavy atom. The topological polar surface area (TPSA) is 97.2 Å². The fraction of sp³-hybridized carbons (Fsp3) is 0.500. The molecular weight excluding hydrogens is 492 g/mol. The average Bonchev–Trinajstić information content (AvgIpc) is 3.71. The molecule has 0 amide bonds. The van der Waals surface area contributed by atoms with Crippen LogP contribution < -0.4 is 25.8 Å². The first-order chi connectivity index (χ1) is 17.3. The number of fused-ring (bicyclic) bond motifs is 3. The Bertz CT molecular complexity index is 1390. The molecule has 0 radical (unpaired) electrons. The van der Waals surface area contributed by atoms with Crippen molar-refractivity contribution in [3.8, 4) is 5.75 Å². The van der Waals surface area contributed by atoms with Crippen LogP contribution in [-0.2, 0) is 7.05 Å². The highest BCUT2D eigenvalue weighted by molar-refractivity contribution is 6.32. The number of aryl methyl sites for hydroxylation is 1. The van der Waals surface area contributed by atoms with E-state index in [2.05, 4.69) is 25.6 Å². The molecule has 1 unspecified atom stereocenters. The molecule has 1 saturated carbocycles. The normalized spacial score (nSPS) is 21.3. The Labute approximate surface area is 210 Å². The van der Waals surface area contributed by atoms with Crippen molar-refractivity contribution in [2.24, 2.45) is 13.0 Å². The first-order valence-corrected chi connectivity index (χ1v) is 12.5. The van der Waals surface area contributed by atoms with E-state index in [-0.39, 0.29) is 42.6 Å². The lowest BCUT2D eigenvalue weighted by molar-refractivity contribution is -0.0222. The molecule has 0 bridgehead atoms. The van der Waals surface area contributed by atoms with Gasteiger partial charge in [-0.25, -0.2) is 18.7 Å². The Morgan fingerprint density at radius 3 is 2.72 bits per heavy atom. The highest BCUT2D eigenvalue weighted by Crippen LogP contribution is 2.41. The molecule has 3 aliphatic rings. The average molecular weight is 518 g/mol. The Hall–Kier alpha value is -3.21. The van der Waals surface area contributed by atoms with Gasteiger partial charge in [-0.15, -0.1) is 0 Å². The summed E-state index contributed by atoms with van der Waals surface area (Å²) in [5, 5.41) is 7.79. The number of piperidine rings is 1. The van der Waals surface area contributed by atoms with Gasteiger partial charge in [0.2, 0.25) is 11.7 Å². The van der Waals surface area contributed by atoms with Crippen LogP contribution in [0.3, 0.4) is 0 Å². The number of halogens is 3. The van der Waals surface area contributed by atoms with Crippen LogP contribution in [-0.4, -0.2) is 51.2 Å². The molecule has 9 nitrogen and oxygen atoms in total. The van der Waals surface area contributed by atoms with Gasteiger partial charge < -0.3 is 20.3 Å². The lowest BCUT2D eigenvalue weighted by Crippen LogP contribution is -2.40. The van der Waals surface area contributed by atoms with Gasteiger partial charge in [-0.1, -0.05) is 11.6 Å². The highest BCUT2D eigenvalue weighted by atomic mass is 35.5. The minimum atomic E-state index is -2.66. The van der Waals surface area contributed by atoms with E-state index >= 15 is 0 Å². The summed E-state index contributed by atoms with van der Waals surface area (Å²) >= 11 is 6.37. The van der Waals surface area contributed by atoms with Crippen molar-refractivity contribution >= 4 is 45.8 Å². The number of alkyl halides is 2. The van der Waals surface area contributed by atoms with E-state index in [4.69, 9.17) is 16.3 Å². The number of aromatic nitrogens is 4. The van der Waals surface area contributed by atoms with E-state index < -0.39 is 5.92 Å². The SMILES string of the molecule is Cn1c(=O)c2c(c3cc(Nc4nc(N5CCC(F)(F)CC5)ncc4Cl)cnc31)NC(C1CC1)CCO2. The van der Waals surface area contributed by atoms with Crippen LogP contribution >= 0.6 is 11.6 Å². The van der Waals surface area contributed by atoms with E-state index in [0.717, 1.165) is 11.8 Å². The molecule has 12 heteroatoms. The third kappa shape index (κ3) is 4.29. The van der Waals surface area contributed by atoms with Gasteiger partial charge in [-0.3, -0.25) is 9.36 Å². The minimum absolute atomic E-state index is 0.166. The van der Waals surface area contributed by atoms with Gasteiger partial charge in [-0.05, 0) is 24.8 Å². The van der Waals surface area contributed by atoms with E-state index in [1.54, 1.807) is 18.1 Å². The Kier molecular flexibility index (Phi) is 5.62. The highest BCUT2D eigenvalue weighted by Gasteiger charge is 2.36. The zero-order valence-electron chi connectivity index (χ0n) is 19.7. The summed E-state index contributed by atoms with van der Waals surface area (Å²) in [6, 6.07) is 2.13. The van der Waals surface area contributed by atoms with Crippen LogP contribution in [0.2, 0.25) is 5.02 Å². The van der Waals surface area contributed by atoms with Crippen molar-refractivity contribution in [2.45, 2.75) is 44.1 Å². The molecule has 1 atom stereocenters. The first-order valence-electron chi connectivity index (χ1n) is 12.1. The summed E-state index contributed by atoms with van der Waals surface area (Å²) in [4.78, 5) is 28.0. The summed E-state index contributed by atoms with van der Waals surface area (Å²) in [5.41, 5.74) is 1.56. The number of pyridine rings is 2. The third-order valence-electron chi connectivity index (χ3n) is 7.15. The molecule has 0 spiro atoms. The number of rotatable bonds is 4. The van der Waals surface area contributed by atoms with Crippen LogP contribution in [0, 0.1) is 5.92 Å². The Morgan fingerprint density at radius 2 is 1.97 bits per heavy atom. The molecule has 190 valence electrons. The quantitative estimate of drug-likeness (QED) is 0.528. The number of nitrogens with zero attached hydrogens (tertiary/aromatic N) is 5. The Balaban J connectivity index is 1.35. The molecule has 2 N–H and O–H groups in total. The van der Waals surface area contributed by atoms with Crippen molar-refractivity contribution < 1.29 is 13.5 Å². The van der Waals surface area contributed by atoms with Crippen molar-refractivity contribution in [1.82, 2.24) is 19.5 Å². The molecule has 36 heavy (non-hydrogen) atoms. The molecule has 3 aromatic rings. The van der Waals surface area contributed by atoms with E-state index in [1.165, 1.54) is 23.6 Å². The number of nitrogens with one attached hydrogen (secondary N) is 2. The van der Waals surface area contributed by atoms with Gasteiger partial charge in [0.05, 0.1) is 30.4 Å². The molecule has 1 aliphatic carbocycles. The zero-order chi connectivity index (χ0) is 25.0. The minimum Gasteiger partial charge on any atom is -0.486 e. The van der Waals surface area contributed by atoms with E-state index in [0.29, 0.717) is 47.1 Å². The summed E-state index contributed by atoms with van der Waals surface area (Å²) in [5.74, 6) is -1.09. The first kappa shape index (κ1) is 23.2. The monoisotopic (exact) mass is 517 g/mol. The van der Waals surface area contributed by atoms with Crippen molar-refractivity contribution in [2.75, 3.05) is 35.2 Å². The summed E-state index contributed by atoms with van der Waals surface area (Å²) in [6.45, 7) is 0.814. The summed E-state index contributed by atoms with van der Waals surface area (Å²) in [7, 11) is 1.67. The second kappa shape index (κ2) is 8.72. The molecule has 2 aliphatic heterocycles. The van der Waals surface area contributed by atoms with Crippen molar-refractivity contribution in [1.29, 1.82) is 0 Å². The zero-order valence-corrected chi connectivity index (χ0v) is 20.5. The lowest BCUT2D eigenvalue weighted by atomic mass is 10.1. The van der Waals surface area contributed by atoms with Gasteiger partial charge >= 0.3 is 0 Å². The summed E-state index contributed by atoms with van der Waals surface area (Å²) in [6.07, 6.45) is 5.75. The van der Waals surface area contributed by atoms with E-state index in [1.807, 2.05) is 6.07 Å². The predicted octanol–water partition coefficient (Wildman–Crippen LogP) is 4.33. The maximum Gasteiger partial charge on any atom is 0.296 e. The standard InChI is InChI=1S/C24H26ClF2N7O2/c1-33-21-15(18-19(22(33)35)36-9-4-17(31-18)13-2-3-13)10-14(11-28-21)30-20-16(25)12-29-23(32-20)34-7-5-24(26,27)6-8-34/h10-13,17,31H,2-9H2,1H3,(H,29,30,32). The fourth-order valence-corrected chi connectivity index (χ4v) is 5.04. The van der Waals surface area contributed by atoms with E-state index in [9.17, 15) is 13.6 Å². The molecule has 6 rings (SSSR count). The van der Waals surface area contributed by atoms with Crippen LogP contribution in [0.25, 0.3) is 11.0 Å². The third-order valence-corrected chi connectivity index (χ3v) is 7.42. The molecule has 3 aromatic heterocycles. The molecule has 0 aromatic carbocycles. The molecule has 2 fully saturated rings. The fourth-order valence-electron chi connectivity index (χ4n) is 4.90. The maximum absolute atomic E-state index is 13.6. The van der Waals surface area contributed by atoms with Crippen LogP contribution in [0.1, 0.15) is 32.1 Å². The lowest BCUT2D eigenvalue weighted by Gasteiger charge is -2.31. The second-order valence-corrected chi connectivity index (χ2v) is 10.1. The van der Waals surface area contributed by atoms with Crippen molar-refractivity contribution in [3.05, 3.63) is 33.8 Å². The number of hydrogen-bond donors (Lipinski definition) is 2. The molecular formula is C24H26ClF2N7O2. The van der Waals surface area contributed by atoms with Crippen LogP contribution in [0.15, 0.2) is 23.3 Å². The molecule has 1 saturated heterocycles. The number of anilines is 4. The second-order valence-electron chi connectivity index (χ2n) is 9.72. The number of ether oxygens (including phenoxy) is 1. The van der Waals surface area contributed by atoms with Gasteiger partial charge in [-0.2, -0.15) is 4.98 Å². The van der Waals surface area contributed by atoms with Crippen LogP contribution in [0.5, 0.6) is 5.75 Å². The maximum atomic E-state index is 13.6. The summed E-state index contributed by atoms with van der Waals surface area (Å²) < 4.78 is 34.6. The van der Waals surface area contributed by atoms with Gasteiger partial charge in [0.25, 0.3) is 11.5 Å². The molecule has 5 heterocycles. The van der Waals surface area contributed by atoms with Crippen molar-refractivity contribution in [3.63, 3.8) is 0 Å². The van der Waals surface area contributed by atoms with Gasteiger partial charge in [0.15, 0.2) is 5.82 Å². The largest absolute Gasteiger partial charge is 0.486 e.